The van der Waals surface area contributed by atoms with Gasteiger partial charge in [-0.05, 0) is 54.2 Å². The molecule has 172 valence electrons. The summed E-state index contributed by atoms with van der Waals surface area (Å²) in [6, 6.07) is 3.42. The SMILES string of the molecule is O=C(O)c1ccc(/C(F)=C/C(c2cc(Cl)c(Cl)c(C3CC3)c2)C(F)(F)F)cc1C(F)(F)F. The standard InChI is InChI=1S/C21H13Cl2F7O2/c22-16-7-11(5-13(18(16)23)9-1-2-9)14(20(25,26)27)8-17(24)10-3-4-12(19(31)32)15(6-10)21(28,29)30/h3-9,14H,1-2H2,(H,31,32)/b17-8-. The quantitative estimate of drug-likeness (QED) is 0.419. The first-order valence-corrected chi connectivity index (χ1v) is 9.83. The molecule has 3 rings (SSSR count). The molecule has 0 heterocycles. The van der Waals surface area contributed by atoms with E-state index in [9.17, 15) is 35.5 Å². The number of allylic oxidation sites excluding steroid dienone is 1. The second kappa shape index (κ2) is 8.59. The summed E-state index contributed by atoms with van der Waals surface area (Å²) in [7, 11) is 0. The second-order valence-corrected chi connectivity index (χ2v) is 8.06. The van der Waals surface area contributed by atoms with Crippen molar-refractivity contribution in [1.29, 1.82) is 0 Å². The molecule has 1 atom stereocenters. The Kier molecular flexibility index (Phi) is 6.55. The molecule has 2 aromatic rings. The Morgan fingerprint density at radius 3 is 2.19 bits per heavy atom. The molecule has 0 aliphatic heterocycles. The molecule has 11 heteroatoms. The average molecular weight is 501 g/mol. The molecular formula is C21H13Cl2F7O2. The summed E-state index contributed by atoms with van der Waals surface area (Å²) in [4.78, 5) is 11.0. The van der Waals surface area contributed by atoms with Gasteiger partial charge in [0.25, 0.3) is 0 Å². The van der Waals surface area contributed by atoms with Gasteiger partial charge in [-0.25, -0.2) is 9.18 Å². The van der Waals surface area contributed by atoms with Gasteiger partial charge in [-0.2, -0.15) is 26.3 Å². The third-order valence-corrected chi connectivity index (χ3v) is 5.77. The largest absolute Gasteiger partial charge is 0.478 e. The lowest BCUT2D eigenvalue weighted by atomic mass is 9.93. The highest BCUT2D eigenvalue weighted by atomic mass is 35.5. The minimum atomic E-state index is -5.16. The maximum absolute atomic E-state index is 14.7. The Bertz CT molecular complexity index is 1090. The highest BCUT2D eigenvalue weighted by molar-refractivity contribution is 6.42. The van der Waals surface area contributed by atoms with Gasteiger partial charge in [-0.15, -0.1) is 0 Å². The van der Waals surface area contributed by atoms with Crippen LogP contribution in [0.1, 0.15) is 57.3 Å². The van der Waals surface area contributed by atoms with E-state index < -0.39 is 52.3 Å². The predicted molar refractivity (Wildman–Crippen MR) is 105 cm³/mol. The molecule has 1 aliphatic rings. The summed E-state index contributed by atoms with van der Waals surface area (Å²) in [6.45, 7) is 0. The van der Waals surface area contributed by atoms with Gasteiger partial charge in [0.2, 0.25) is 0 Å². The number of hydrogen-bond donors (Lipinski definition) is 1. The molecule has 0 aromatic heterocycles. The molecule has 1 fully saturated rings. The van der Waals surface area contributed by atoms with Crippen LogP contribution in [0.2, 0.25) is 10.0 Å². The average Bonchev–Trinajstić information content (AvgIpc) is 3.51. The summed E-state index contributed by atoms with van der Waals surface area (Å²) in [6.07, 6.45) is -8.61. The van der Waals surface area contributed by atoms with Crippen molar-refractivity contribution >= 4 is 35.0 Å². The zero-order valence-corrected chi connectivity index (χ0v) is 17.3. The molecule has 0 bridgehead atoms. The van der Waals surface area contributed by atoms with Crippen molar-refractivity contribution < 1.29 is 40.6 Å². The number of rotatable bonds is 5. The van der Waals surface area contributed by atoms with Crippen LogP contribution in [0.15, 0.2) is 36.4 Å². The number of alkyl halides is 6. The van der Waals surface area contributed by atoms with Crippen LogP contribution in [0, 0.1) is 0 Å². The van der Waals surface area contributed by atoms with E-state index in [1.54, 1.807) is 0 Å². The number of benzene rings is 2. The number of halogens is 9. The van der Waals surface area contributed by atoms with Gasteiger partial charge in [0, 0.05) is 5.56 Å². The number of hydrogen-bond acceptors (Lipinski definition) is 1. The predicted octanol–water partition coefficient (Wildman–Crippen LogP) is 8.24. The van der Waals surface area contributed by atoms with Crippen LogP contribution < -0.4 is 0 Å². The van der Waals surface area contributed by atoms with Crippen molar-refractivity contribution in [3.63, 3.8) is 0 Å². The van der Waals surface area contributed by atoms with Crippen LogP contribution in [0.5, 0.6) is 0 Å². The van der Waals surface area contributed by atoms with Gasteiger partial charge in [0.05, 0.1) is 21.2 Å². The number of aromatic carboxylic acids is 1. The monoisotopic (exact) mass is 500 g/mol. The number of carboxylic acids is 1. The number of carboxylic acid groups (broad SMARTS) is 1. The van der Waals surface area contributed by atoms with Crippen LogP contribution in [0.4, 0.5) is 30.7 Å². The Labute approximate surface area is 187 Å². The zero-order chi connectivity index (χ0) is 24.0. The first-order valence-electron chi connectivity index (χ1n) is 9.08. The zero-order valence-electron chi connectivity index (χ0n) is 15.8. The van der Waals surface area contributed by atoms with E-state index in [0.717, 1.165) is 6.07 Å². The molecule has 1 unspecified atom stereocenters. The van der Waals surface area contributed by atoms with E-state index in [1.165, 1.54) is 6.07 Å². The van der Waals surface area contributed by atoms with Crippen LogP contribution >= 0.6 is 23.2 Å². The molecule has 2 aromatic carbocycles. The van der Waals surface area contributed by atoms with Gasteiger partial charge < -0.3 is 5.11 Å². The fourth-order valence-corrected chi connectivity index (χ4v) is 3.74. The molecule has 0 saturated heterocycles. The molecule has 1 aliphatic carbocycles. The van der Waals surface area contributed by atoms with Crippen LogP contribution in [-0.4, -0.2) is 17.3 Å². The van der Waals surface area contributed by atoms with Gasteiger partial charge >= 0.3 is 18.3 Å². The van der Waals surface area contributed by atoms with Crippen molar-refractivity contribution in [2.75, 3.05) is 0 Å². The van der Waals surface area contributed by atoms with Crippen molar-refractivity contribution in [3.8, 4) is 0 Å². The van der Waals surface area contributed by atoms with Gasteiger partial charge in [0.15, 0.2) is 0 Å². The van der Waals surface area contributed by atoms with Crippen molar-refractivity contribution in [2.24, 2.45) is 0 Å². The Morgan fingerprint density at radius 1 is 1.06 bits per heavy atom. The van der Waals surface area contributed by atoms with Gasteiger partial charge in [-0.1, -0.05) is 35.3 Å². The number of carbonyl (C=O) groups is 1. The van der Waals surface area contributed by atoms with Crippen LogP contribution in [0.3, 0.4) is 0 Å². The van der Waals surface area contributed by atoms with Gasteiger partial charge in [-0.3, -0.25) is 0 Å². The van der Waals surface area contributed by atoms with Crippen LogP contribution in [-0.2, 0) is 6.18 Å². The van der Waals surface area contributed by atoms with Crippen molar-refractivity contribution in [3.05, 3.63) is 74.3 Å². The summed E-state index contributed by atoms with van der Waals surface area (Å²) < 4.78 is 95.5. The molecule has 1 N–H and O–H groups in total. The third-order valence-electron chi connectivity index (χ3n) is 4.95. The normalized spacial score (nSPS) is 16.2. The van der Waals surface area contributed by atoms with Gasteiger partial charge in [0.1, 0.15) is 11.7 Å². The summed E-state index contributed by atoms with van der Waals surface area (Å²) in [5, 5.41) is 8.85. The lowest BCUT2D eigenvalue weighted by Gasteiger charge is -2.20. The van der Waals surface area contributed by atoms with Crippen LogP contribution in [0.25, 0.3) is 5.83 Å². The summed E-state index contributed by atoms with van der Waals surface area (Å²) in [5.41, 5.74) is -3.70. The maximum Gasteiger partial charge on any atom is 0.417 e. The second-order valence-electron chi connectivity index (χ2n) is 7.28. The fourth-order valence-electron chi connectivity index (χ4n) is 3.24. The summed E-state index contributed by atoms with van der Waals surface area (Å²) >= 11 is 12.0. The van der Waals surface area contributed by atoms with E-state index in [0.29, 0.717) is 30.5 Å². The molecule has 0 spiro atoms. The Hall–Kier alpha value is -2.26. The lowest BCUT2D eigenvalue weighted by Crippen LogP contribution is -2.19. The fraction of sp³-hybridized carbons (Fsp3) is 0.286. The first kappa shape index (κ1) is 24.4. The first-order chi connectivity index (χ1) is 14.7. The van der Waals surface area contributed by atoms with Crippen molar-refractivity contribution in [2.45, 2.75) is 37.0 Å². The minimum Gasteiger partial charge on any atom is -0.478 e. The van der Waals surface area contributed by atoms with Crippen molar-refractivity contribution in [1.82, 2.24) is 0 Å². The molecule has 32 heavy (non-hydrogen) atoms. The minimum absolute atomic E-state index is 0.0689. The topological polar surface area (TPSA) is 37.3 Å². The highest BCUT2D eigenvalue weighted by Crippen LogP contribution is 2.48. The smallest absolute Gasteiger partial charge is 0.417 e. The summed E-state index contributed by atoms with van der Waals surface area (Å²) in [5.74, 6) is -6.11. The molecular weight excluding hydrogens is 488 g/mol. The lowest BCUT2D eigenvalue weighted by molar-refractivity contribution is -0.140. The maximum atomic E-state index is 14.7. The van der Waals surface area contributed by atoms with E-state index in [1.807, 2.05) is 0 Å². The molecule has 0 amide bonds. The van der Waals surface area contributed by atoms with E-state index in [4.69, 9.17) is 28.3 Å². The van der Waals surface area contributed by atoms with E-state index in [2.05, 4.69) is 0 Å². The molecule has 2 nitrogen and oxygen atoms in total. The highest BCUT2D eigenvalue weighted by Gasteiger charge is 2.41. The third kappa shape index (κ3) is 5.20. The molecule has 0 radical (unpaired) electrons. The van der Waals surface area contributed by atoms with E-state index in [-0.39, 0.29) is 28.1 Å². The molecule has 1 saturated carbocycles. The Balaban J connectivity index is 2.10. The van der Waals surface area contributed by atoms with E-state index >= 15 is 0 Å². The Morgan fingerprint density at radius 2 is 1.69 bits per heavy atom.